The van der Waals surface area contributed by atoms with Gasteiger partial charge in [0.15, 0.2) is 5.78 Å². The second kappa shape index (κ2) is 8.77. The van der Waals surface area contributed by atoms with Crippen LogP contribution in [0.1, 0.15) is 33.8 Å². The van der Waals surface area contributed by atoms with E-state index in [-0.39, 0.29) is 24.8 Å². The van der Waals surface area contributed by atoms with E-state index >= 15 is 0 Å². The normalized spacial score (nSPS) is 11.5. The van der Waals surface area contributed by atoms with Crippen molar-refractivity contribution in [2.45, 2.75) is 18.9 Å². The first-order valence-corrected chi connectivity index (χ1v) is 8.58. The molecule has 0 heterocycles. The highest BCUT2D eigenvalue weighted by Crippen LogP contribution is 2.24. The van der Waals surface area contributed by atoms with Crippen LogP contribution in [0.3, 0.4) is 0 Å². The third-order valence-electron chi connectivity index (χ3n) is 4.20. The predicted molar refractivity (Wildman–Crippen MR) is 101 cm³/mol. The molecule has 1 atom stereocenters. The van der Waals surface area contributed by atoms with Crippen LogP contribution < -0.4 is 0 Å². The van der Waals surface area contributed by atoms with Crippen LogP contribution in [0.4, 0.5) is 0 Å². The monoisotopic (exact) mass is 344 g/mol. The minimum Gasteiger partial charge on any atom is -0.460 e. The first-order valence-electron chi connectivity index (χ1n) is 8.58. The van der Waals surface area contributed by atoms with Gasteiger partial charge in [0.25, 0.3) is 0 Å². The van der Waals surface area contributed by atoms with E-state index in [9.17, 15) is 9.59 Å². The van der Waals surface area contributed by atoms with Gasteiger partial charge in [-0.25, -0.2) is 0 Å². The third-order valence-corrected chi connectivity index (χ3v) is 4.20. The summed E-state index contributed by atoms with van der Waals surface area (Å²) in [5, 5.41) is 0. The Balaban J connectivity index is 1.75. The smallest absolute Gasteiger partial charge is 0.314 e. The lowest BCUT2D eigenvalue weighted by atomic mass is 9.91. The lowest BCUT2D eigenvalue weighted by Gasteiger charge is -2.16. The topological polar surface area (TPSA) is 43.4 Å². The maximum atomic E-state index is 12.7. The highest BCUT2D eigenvalue weighted by Gasteiger charge is 2.25. The Bertz CT molecular complexity index is 842. The van der Waals surface area contributed by atoms with Crippen molar-refractivity contribution in [2.24, 2.45) is 0 Å². The summed E-state index contributed by atoms with van der Waals surface area (Å²) in [6.07, 6.45) is 0.0850. The molecule has 3 heteroatoms. The fourth-order valence-corrected chi connectivity index (χ4v) is 2.78. The van der Waals surface area contributed by atoms with E-state index in [1.54, 1.807) is 12.1 Å². The summed E-state index contributed by atoms with van der Waals surface area (Å²) >= 11 is 0. The Morgan fingerprint density at radius 3 is 1.88 bits per heavy atom. The molecule has 3 aromatic rings. The SMILES string of the molecule is O=C(CC(C(=O)OCc1ccccc1)c1ccccc1)c1ccccc1. The first-order chi connectivity index (χ1) is 12.7. The molecule has 130 valence electrons. The Kier molecular flexibility index (Phi) is 5.94. The van der Waals surface area contributed by atoms with Crippen LogP contribution in [0, 0.1) is 0 Å². The number of Topliss-reactive ketones (excluding diaryl/α,β-unsaturated/α-hetero) is 1. The van der Waals surface area contributed by atoms with E-state index < -0.39 is 5.92 Å². The van der Waals surface area contributed by atoms with Crippen molar-refractivity contribution in [3.8, 4) is 0 Å². The lowest BCUT2D eigenvalue weighted by Crippen LogP contribution is -2.19. The van der Waals surface area contributed by atoms with Gasteiger partial charge in [-0.05, 0) is 11.1 Å². The average Bonchev–Trinajstić information content (AvgIpc) is 2.72. The van der Waals surface area contributed by atoms with Gasteiger partial charge in [0.1, 0.15) is 6.61 Å². The number of esters is 1. The number of ether oxygens (including phenoxy) is 1. The van der Waals surface area contributed by atoms with Crippen molar-refractivity contribution in [2.75, 3.05) is 0 Å². The minimum absolute atomic E-state index is 0.0730. The number of carbonyl (C=O) groups excluding carboxylic acids is 2. The van der Waals surface area contributed by atoms with Gasteiger partial charge in [-0.2, -0.15) is 0 Å². The highest BCUT2D eigenvalue weighted by molar-refractivity contribution is 5.99. The average molecular weight is 344 g/mol. The number of hydrogen-bond acceptors (Lipinski definition) is 3. The van der Waals surface area contributed by atoms with Gasteiger partial charge in [0.05, 0.1) is 5.92 Å². The van der Waals surface area contributed by atoms with Gasteiger partial charge in [-0.1, -0.05) is 91.0 Å². The molecule has 0 aliphatic heterocycles. The maximum Gasteiger partial charge on any atom is 0.314 e. The summed E-state index contributed by atoms with van der Waals surface area (Å²) in [4.78, 5) is 25.3. The molecule has 1 unspecified atom stereocenters. The van der Waals surface area contributed by atoms with Crippen molar-refractivity contribution >= 4 is 11.8 Å². The summed E-state index contributed by atoms with van der Waals surface area (Å²) < 4.78 is 5.49. The van der Waals surface area contributed by atoms with E-state index in [1.807, 2.05) is 78.9 Å². The highest BCUT2D eigenvalue weighted by atomic mass is 16.5. The van der Waals surface area contributed by atoms with Gasteiger partial charge in [0.2, 0.25) is 0 Å². The molecule has 3 aromatic carbocycles. The molecule has 0 saturated heterocycles. The van der Waals surface area contributed by atoms with Crippen molar-refractivity contribution in [3.05, 3.63) is 108 Å². The summed E-state index contributed by atoms with van der Waals surface area (Å²) in [5.74, 6) is -1.08. The summed E-state index contributed by atoms with van der Waals surface area (Å²) in [6.45, 7) is 0.197. The zero-order valence-corrected chi connectivity index (χ0v) is 14.4. The van der Waals surface area contributed by atoms with E-state index in [0.717, 1.165) is 11.1 Å². The number of benzene rings is 3. The van der Waals surface area contributed by atoms with E-state index in [2.05, 4.69) is 0 Å². The third kappa shape index (κ3) is 4.67. The number of rotatable bonds is 7. The van der Waals surface area contributed by atoms with Crippen molar-refractivity contribution in [3.63, 3.8) is 0 Å². The van der Waals surface area contributed by atoms with Crippen LogP contribution in [0.2, 0.25) is 0 Å². The van der Waals surface area contributed by atoms with Gasteiger partial charge in [0, 0.05) is 12.0 Å². The van der Waals surface area contributed by atoms with Gasteiger partial charge < -0.3 is 4.74 Å². The standard InChI is InChI=1S/C23H20O3/c24-22(20-14-8-3-9-15-20)16-21(19-12-6-2-7-13-19)23(25)26-17-18-10-4-1-5-11-18/h1-15,21H,16-17H2. The van der Waals surface area contributed by atoms with E-state index in [4.69, 9.17) is 4.74 Å². The second-order valence-corrected chi connectivity index (χ2v) is 6.05. The molecule has 0 fully saturated rings. The number of ketones is 1. The molecule has 3 rings (SSSR count). The first kappa shape index (κ1) is 17.6. The molecule has 0 bridgehead atoms. The van der Waals surface area contributed by atoms with E-state index in [0.29, 0.717) is 5.56 Å². The van der Waals surface area contributed by atoms with E-state index in [1.165, 1.54) is 0 Å². The number of hydrogen-bond donors (Lipinski definition) is 0. The fourth-order valence-electron chi connectivity index (χ4n) is 2.78. The molecule has 0 N–H and O–H groups in total. The van der Waals surface area contributed by atoms with Crippen LogP contribution in [-0.4, -0.2) is 11.8 Å². The van der Waals surface area contributed by atoms with Crippen LogP contribution in [-0.2, 0) is 16.1 Å². The molecule has 0 spiro atoms. The molecule has 26 heavy (non-hydrogen) atoms. The summed E-state index contributed by atoms with van der Waals surface area (Å²) in [7, 11) is 0. The Morgan fingerprint density at radius 2 is 1.27 bits per heavy atom. The second-order valence-electron chi connectivity index (χ2n) is 6.05. The van der Waals surface area contributed by atoms with Crippen molar-refractivity contribution < 1.29 is 14.3 Å². The van der Waals surface area contributed by atoms with Crippen molar-refractivity contribution in [1.29, 1.82) is 0 Å². The molecule has 0 saturated carbocycles. The fraction of sp³-hybridized carbons (Fsp3) is 0.130. The van der Waals surface area contributed by atoms with Crippen LogP contribution in [0.15, 0.2) is 91.0 Å². The lowest BCUT2D eigenvalue weighted by molar-refractivity contribution is -0.146. The molecule has 0 radical (unpaired) electrons. The van der Waals surface area contributed by atoms with Gasteiger partial charge in [-0.3, -0.25) is 9.59 Å². The largest absolute Gasteiger partial charge is 0.460 e. The molecular weight excluding hydrogens is 324 g/mol. The summed E-state index contributed by atoms with van der Waals surface area (Å²) in [6, 6.07) is 27.9. The Hall–Kier alpha value is -3.20. The van der Waals surface area contributed by atoms with Crippen molar-refractivity contribution in [1.82, 2.24) is 0 Å². The molecule has 0 aromatic heterocycles. The summed E-state index contributed by atoms with van der Waals surface area (Å²) in [5.41, 5.74) is 2.31. The van der Waals surface area contributed by atoms with Gasteiger partial charge >= 0.3 is 5.97 Å². The van der Waals surface area contributed by atoms with Crippen LogP contribution in [0.5, 0.6) is 0 Å². The van der Waals surface area contributed by atoms with Crippen LogP contribution in [0.25, 0.3) is 0 Å². The minimum atomic E-state index is -0.618. The van der Waals surface area contributed by atoms with Gasteiger partial charge in [-0.15, -0.1) is 0 Å². The zero-order valence-electron chi connectivity index (χ0n) is 14.4. The Morgan fingerprint density at radius 1 is 0.731 bits per heavy atom. The van der Waals surface area contributed by atoms with Crippen LogP contribution >= 0.6 is 0 Å². The predicted octanol–water partition coefficient (Wildman–Crippen LogP) is 4.79. The molecular formula is C23H20O3. The zero-order chi connectivity index (χ0) is 18.2. The number of carbonyl (C=O) groups is 2. The molecule has 0 aliphatic rings. The maximum absolute atomic E-state index is 12.7. The molecule has 3 nitrogen and oxygen atoms in total. The quantitative estimate of drug-likeness (QED) is 0.457. The molecule has 0 amide bonds. The molecule has 0 aliphatic carbocycles. The Labute approximate surface area is 153 Å².